The first-order chi connectivity index (χ1) is 11.8. The van der Waals surface area contributed by atoms with E-state index in [4.69, 9.17) is 10.00 Å². The molecule has 128 valence electrons. The van der Waals surface area contributed by atoms with Crippen molar-refractivity contribution in [2.45, 2.75) is 0 Å². The van der Waals surface area contributed by atoms with Crippen LogP contribution in [-0.2, 0) is 23.6 Å². The number of carbonyl (C=O) groups excluding carboxylic acids is 2. The minimum Gasteiger partial charge on any atom is -0.452 e. The Bertz CT molecular complexity index is 980. The van der Waals surface area contributed by atoms with Crippen LogP contribution in [0, 0.1) is 11.3 Å². The highest BCUT2D eigenvalue weighted by Gasteiger charge is 2.13. The molecule has 0 aliphatic heterocycles. The summed E-state index contributed by atoms with van der Waals surface area (Å²) in [6.07, 6.45) is 0. The lowest BCUT2D eigenvalue weighted by atomic mass is 10.1. The SMILES string of the molecule is Cn1c(NC(=O)COC(=O)c2ccc(C#N)cc2)cc(=O)n(C)c1=O. The van der Waals surface area contributed by atoms with Gasteiger partial charge in [-0.25, -0.2) is 9.59 Å². The van der Waals surface area contributed by atoms with Crippen LogP contribution in [0.15, 0.2) is 39.9 Å². The first-order valence-electron chi connectivity index (χ1n) is 7.07. The predicted molar refractivity (Wildman–Crippen MR) is 87.0 cm³/mol. The number of benzene rings is 1. The van der Waals surface area contributed by atoms with Gasteiger partial charge in [0.25, 0.3) is 11.5 Å². The summed E-state index contributed by atoms with van der Waals surface area (Å²) in [7, 11) is 2.70. The third-order valence-electron chi connectivity index (χ3n) is 3.38. The van der Waals surface area contributed by atoms with Crippen molar-refractivity contribution in [2.24, 2.45) is 14.1 Å². The third-order valence-corrected chi connectivity index (χ3v) is 3.38. The summed E-state index contributed by atoms with van der Waals surface area (Å²) in [4.78, 5) is 47.0. The molecule has 9 nitrogen and oxygen atoms in total. The Morgan fingerprint density at radius 3 is 2.40 bits per heavy atom. The van der Waals surface area contributed by atoms with E-state index in [1.807, 2.05) is 6.07 Å². The zero-order valence-electron chi connectivity index (χ0n) is 13.5. The molecular formula is C16H14N4O5. The van der Waals surface area contributed by atoms with Crippen molar-refractivity contribution in [1.82, 2.24) is 9.13 Å². The van der Waals surface area contributed by atoms with E-state index in [0.717, 1.165) is 15.2 Å². The molecule has 0 bridgehead atoms. The molecule has 0 spiro atoms. The lowest BCUT2D eigenvalue weighted by molar-refractivity contribution is -0.119. The fourth-order valence-corrected chi connectivity index (χ4v) is 1.93. The van der Waals surface area contributed by atoms with Crippen molar-refractivity contribution in [3.63, 3.8) is 0 Å². The number of carbonyl (C=O) groups is 2. The molecule has 2 aromatic rings. The molecule has 0 aliphatic carbocycles. The van der Waals surface area contributed by atoms with Crippen LogP contribution in [0.25, 0.3) is 0 Å². The Morgan fingerprint density at radius 1 is 1.16 bits per heavy atom. The maximum atomic E-state index is 11.9. The van der Waals surface area contributed by atoms with Crippen molar-refractivity contribution >= 4 is 17.7 Å². The zero-order valence-corrected chi connectivity index (χ0v) is 13.5. The number of rotatable bonds is 4. The molecule has 1 aromatic heterocycles. The lowest BCUT2D eigenvalue weighted by Crippen LogP contribution is -2.38. The number of hydrogen-bond donors (Lipinski definition) is 1. The Kier molecular flexibility index (Phi) is 5.14. The van der Waals surface area contributed by atoms with Gasteiger partial charge in [-0.15, -0.1) is 0 Å². The molecule has 1 amide bonds. The van der Waals surface area contributed by atoms with Gasteiger partial charge in [0.15, 0.2) is 6.61 Å². The summed E-state index contributed by atoms with van der Waals surface area (Å²) in [6.45, 7) is -0.595. The molecule has 1 N–H and O–H groups in total. The van der Waals surface area contributed by atoms with Gasteiger partial charge in [-0.1, -0.05) is 0 Å². The maximum Gasteiger partial charge on any atom is 0.338 e. The molecule has 25 heavy (non-hydrogen) atoms. The molecular weight excluding hydrogens is 328 g/mol. The molecule has 0 atom stereocenters. The van der Waals surface area contributed by atoms with Gasteiger partial charge in [-0.05, 0) is 24.3 Å². The average Bonchev–Trinajstić information content (AvgIpc) is 2.62. The number of amides is 1. The average molecular weight is 342 g/mol. The summed E-state index contributed by atoms with van der Waals surface area (Å²) < 4.78 is 6.83. The van der Waals surface area contributed by atoms with Gasteiger partial charge >= 0.3 is 11.7 Å². The Labute approximate surface area is 141 Å². The van der Waals surface area contributed by atoms with E-state index >= 15 is 0 Å². The molecule has 0 saturated heterocycles. The summed E-state index contributed by atoms with van der Waals surface area (Å²) >= 11 is 0. The lowest BCUT2D eigenvalue weighted by Gasteiger charge is -2.11. The highest BCUT2D eigenvalue weighted by Crippen LogP contribution is 2.05. The third kappa shape index (κ3) is 4.00. The van der Waals surface area contributed by atoms with Gasteiger partial charge in [0.1, 0.15) is 5.82 Å². The van der Waals surface area contributed by atoms with Crippen LogP contribution in [0.4, 0.5) is 5.82 Å². The number of nitriles is 1. The van der Waals surface area contributed by atoms with Crippen molar-refractivity contribution < 1.29 is 14.3 Å². The van der Waals surface area contributed by atoms with E-state index in [1.165, 1.54) is 38.4 Å². The van der Waals surface area contributed by atoms with Crippen molar-refractivity contribution in [3.8, 4) is 6.07 Å². The van der Waals surface area contributed by atoms with Crippen LogP contribution in [-0.4, -0.2) is 27.6 Å². The number of anilines is 1. The summed E-state index contributed by atoms with van der Waals surface area (Å²) in [5, 5.41) is 11.0. The highest BCUT2D eigenvalue weighted by atomic mass is 16.5. The zero-order chi connectivity index (χ0) is 18.6. The van der Waals surface area contributed by atoms with E-state index in [9.17, 15) is 19.2 Å². The van der Waals surface area contributed by atoms with Crippen molar-refractivity contribution in [2.75, 3.05) is 11.9 Å². The number of ether oxygens (including phenoxy) is 1. The monoisotopic (exact) mass is 342 g/mol. The van der Waals surface area contributed by atoms with Crippen LogP contribution in [0.3, 0.4) is 0 Å². The van der Waals surface area contributed by atoms with E-state index in [0.29, 0.717) is 5.56 Å². The molecule has 1 aromatic carbocycles. The van der Waals surface area contributed by atoms with E-state index in [1.54, 1.807) is 0 Å². The quantitative estimate of drug-likeness (QED) is 0.764. The molecule has 2 rings (SSSR count). The van der Waals surface area contributed by atoms with Gasteiger partial charge in [-0.2, -0.15) is 5.26 Å². The number of esters is 1. The normalized spacial score (nSPS) is 9.96. The molecule has 9 heteroatoms. The van der Waals surface area contributed by atoms with Crippen LogP contribution in [0.2, 0.25) is 0 Å². The molecule has 0 unspecified atom stereocenters. The fourth-order valence-electron chi connectivity index (χ4n) is 1.93. The molecule has 0 radical (unpaired) electrons. The van der Waals surface area contributed by atoms with Gasteiger partial charge in [0.05, 0.1) is 17.2 Å². The minimum atomic E-state index is -0.738. The molecule has 0 aliphatic rings. The standard InChI is InChI=1S/C16H14N4O5/c1-19-12(7-14(22)20(2)16(19)24)18-13(21)9-25-15(23)11-5-3-10(8-17)4-6-11/h3-7H,9H2,1-2H3,(H,18,21). The number of hydrogen-bond acceptors (Lipinski definition) is 6. The predicted octanol–water partition coefficient (Wildman–Crippen LogP) is -0.249. The smallest absolute Gasteiger partial charge is 0.338 e. The first-order valence-corrected chi connectivity index (χ1v) is 7.07. The van der Waals surface area contributed by atoms with E-state index in [-0.39, 0.29) is 11.4 Å². The van der Waals surface area contributed by atoms with Crippen LogP contribution >= 0.6 is 0 Å². The second-order valence-electron chi connectivity index (χ2n) is 5.08. The minimum absolute atomic E-state index is 0.00692. The molecule has 1 heterocycles. The topological polar surface area (TPSA) is 123 Å². The van der Waals surface area contributed by atoms with E-state index in [2.05, 4.69) is 5.32 Å². The largest absolute Gasteiger partial charge is 0.452 e. The number of nitrogens with one attached hydrogen (secondary N) is 1. The maximum absolute atomic E-state index is 11.9. The summed E-state index contributed by atoms with van der Waals surface area (Å²) in [5.41, 5.74) is -0.598. The van der Waals surface area contributed by atoms with Crippen LogP contribution in [0.5, 0.6) is 0 Å². The summed E-state index contributed by atoms with van der Waals surface area (Å²) in [6, 6.07) is 8.72. The Balaban J connectivity index is 2.01. The summed E-state index contributed by atoms with van der Waals surface area (Å²) in [5.74, 6) is -1.45. The number of nitrogens with zero attached hydrogens (tertiary/aromatic N) is 3. The Hall–Kier alpha value is -3.67. The van der Waals surface area contributed by atoms with Crippen LogP contribution < -0.4 is 16.6 Å². The van der Waals surface area contributed by atoms with Gasteiger partial charge < -0.3 is 10.1 Å². The van der Waals surface area contributed by atoms with Crippen LogP contribution in [0.1, 0.15) is 15.9 Å². The molecule has 0 fully saturated rings. The van der Waals surface area contributed by atoms with Crippen molar-refractivity contribution in [1.29, 1.82) is 5.26 Å². The van der Waals surface area contributed by atoms with Gasteiger partial charge in [0, 0.05) is 20.2 Å². The second kappa shape index (κ2) is 7.27. The first kappa shape index (κ1) is 17.7. The Morgan fingerprint density at radius 2 is 1.80 bits per heavy atom. The van der Waals surface area contributed by atoms with Gasteiger partial charge in [-0.3, -0.25) is 18.7 Å². The number of aromatic nitrogens is 2. The molecule has 0 saturated carbocycles. The van der Waals surface area contributed by atoms with Gasteiger partial charge in [0.2, 0.25) is 0 Å². The fraction of sp³-hybridized carbons (Fsp3) is 0.188. The highest BCUT2D eigenvalue weighted by molar-refractivity contribution is 5.95. The van der Waals surface area contributed by atoms with Crippen molar-refractivity contribution in [3.05, 3.63) is 62.3 Å². The van der Waals surface area contributed by atoms with E-state index < -0.39 is 29.7 Å². The second-order valence-corrected chi connectivity index (χ2v) is 5.08.